The minimum atomic E-state index is 0.113. The van der Waals surface area contributed by atoms with E-state index in [9.17, 15) is 4.79 Å². The number of ether oxygens (including phenoxy) is 1. The van der Waals surface area contributed by atoms with Crippen LogP contribution >= 0.6 is 11.8 Å². The minimum Gasteiger partial charge on any atom is -0.497 e. The lowest BCUT2D eigenvalue weighted by Crippen LogP contribution is -2.25. The number of aryl methyl sites for hydroxylation is 2. The number of amides is 1. The largest absolute Gasteiger partial charge is 0.497 e. The number of rotatable bonds is 9. The van der Waals surface area contributed by atoms with Crippen molar-refractivity contribution in [2.45, 2.75) is 25.5 Å². The predicted molar refractivity (Wildman–Crippen MR) is 102 cm³/mol. The molecule has 0 saturated carbocycles. The second kappa shape index (κ2) is 10.0. The van der Waals surface area contributed by atoms with Crippen LogP contribution in [0.15, 0.2) is 48.5 Å². The smallest absolute Gasteiger partial charge is 0.220 e. The van der Waals surface area contributed by atoms with Gasteiger partial charge in [-0.05, 0) is 36.6 Å². The zero-order valence-electron chi connectivity index (χ0n) is 14.4. The maximum Gasteiger partial charge on any atom is 0.220 e. The molecule has 0 aliphatic rings. The zero-order chi connectivity index (χ0) is 17.2. The number of carbonyl (C=O) groups excluding carboxylic acids is 1. The van der Waals surface area contributed by atoms with Crippen molar-refractivity contribution < 1.29 is 9.53 Å². The first-order valence-corrected chi connectivity index (χ1v) is 9.36. The molecule has 2 aromatic carbocycles. The minimum absolute atomic E-state index is 0.113. The van der Waals surface area contributed by atoms with Gasteiger partial charge in [-0.2, -0.15) is 11.8 Å². The summed E-state index contributed by atoms with van der Waals surface area (Å²) in [4.78, 5) is 11.9. The highest BCUT2D eigenvalue weighted by atomic mass is 32.2. The number of nitrogens with one attached hydrogen (secondary N) is 1. The average Bonchev–Trinajstić information content (AvgIpc) is 2.60. The molecule has 1 amide bonds. The molecular weight excluding hydrogens is 318 g/mol. The quantitative estimate of drug-likeness (QED) is 0.700. The lowest BCUT2D eigenvalue weighted by Gasteiger charge is -2.06. The van der Waals surface area contributed by atoms with Gasteiger partial charge in [0.1, 0.15) is 5.75 Å². The summed E-state index contributed by atoms with van der Waals surface area (Å²) in [6.07, 6.45) is 1.28. The van der Waals surface area contributed by atoms with Gasteiger partial charge in [-0.1, -0.05) is 42.0 Å². The average molecular weight is 343 g/mol. The summed E-state index contributed by atoms with van der Waals surface area (Å²) in [7, 11) is 1.65. The highest BCUT2D eigenvalue weighted by Gasteiger charge is 2.02. The van der Waals surface area contributed by atoms with E-state index in [1.807, 2.05) is 36.0 Å². The maximum atomic E-state index is 11.9. The van der Waals surface area contributed by atoms with Crippen molar-refractivity contribution in [1.29, 1.82) is 0 Å². The molecule has 2 rings (SSSR count). The van der Waals surface area contributed by atoms with Crippen LogP contribution in [0.5, 0.6) is 5.75 Å². The lowest BCUT2D eigenvalue weighted by molar-refractivity contribution is -0.120. The first-order valence-electron chi connectivity index (χ1n) is 8.20. The standard InChI is InChI=1S/C20H25NO2S/c1-16-4-3-5-18(14-16)15-24-13-12-21-20(22)11-8-17-6-9-19(23-2)10-7-17/h3-7,9-10,14H,8,11-13,15H2,1-2H3,(H,21,22). The summed E-state index contributed by atoms with van der Waals surface area (Å²) >= 11 is 1.85. The van der Waals surface area contributed by atoms with Gasteiger partial charge in [0, 0.05) is 24.5 Å². The fourth-order valence-electron chi connectivity index (χ4n) is 2.39. The number of hydrogen-bond acceptors (Lipinski definition) is 3. The highest BCUT2D eigenvalue weighted by molar-refractivity contribution is 7.98. The van der Waals surface area contributed by atoms with Crippen LogP contribution < -0.4 is 10.1 Å². The van der Waals surface area contributed by atoms with Crippen molar-refractivity contribution in [3.8, 4) is 5.75 Å². The number of carbonyl (C=O) groups is 1. The molecule has 0 aliphatic carbocycles. The summed E-state index contributed by atoms with van der Waals surface area (Å²) in [5.74, 6) is 2.88. The molecule has 0 aromatic heterocycles. The van der Waals surface area contributed by atoms with Gasteiger partial charge >= 0.3 is 0 Å². The SMILES string of the molecule is COc1ccc(CCC(=O)NCCSCc2cccc(C)c2)cc1. The Bertz CT molecular complexity index is 640. The Hall–Kier alpha value is -1.94. The van der Waals surface area contributed by atoms with Gasteiger partial charge in [0.25, 0.3) is 0 Å². The van der Waals surface area contributed by atoms with Crippen LogP contribution in [0, 0.1) is 6.92 Å². The van der Waals surface area contributed by atoms with Gasteiger partial charge in [0.2, 0.25) is 5.91 Å². The molecule has 1 N–H and O–H groups in total. The second-order valence-corrected chi connectivity index (χ2v) is 6.84. The molecule has 0 heterocycles. The number of hydrogen-bond donors (Lipinski definition) is 1. The second-order valence-electron chi connectivity index (χ2n) is 5.74. The molecule has 24 heavy (non-hydrogen) atoms. The fraction of sp³-hybridized carbons (Fsp3) is 0.350. The maximum absolute atomic E-state index is 11.9. The van der Waals surface area contributed by atoms with Crippen molar-refractivity contribution in [1.82, 2.24) is 5.32 Å². The number of benzene rings is 2. The van der Waals surface area contributed by atoms with Crippen LogP contribution in [-0.2, 0) is 17.0 Å². The monoisotopic (exact) mass is 343 g/mol. The van der Waals surface area contributed by atoms with Crippen molar-refractivity contribution in [3.05, 3.63) is 65.2 Å². The Balaban J connectivity index is 1.57. The first kappa shape index (κ1) is 18.4. The third-order valence-electron chi connectivity index (χ3n) is 3.72. The summed E-state index contributed by atoms with van der Waals surface area (Å²) in [6.45, 7) is 2.83. The molecule has 0 bridgehead atoms. The third kappa shape index (κ3) is 6.67. The van der Waals surface area contributed by atoms with Crippen molar-refractivity contribution >= 4 is 17.7 Å². The predicted octanol–water partition coefficient (Wildman–Crippen LogP) is 3.99. The van der Waals surface area contributed by atoms with E-state index in [0.717, 1.165) is 35.8 Å². The zero-order valence-corrected chi connectivity index (χ0v) is 15.2. The summed E-state index contributed by atoms with van der Waals surface area (Å²) in [5, 5.41) is 2.99. The van der Waals surface area contributed by atoms with E-state index in [4.69, 9.17) is 4.74 Å². The van der Waals surface area contributed by atoms with Crippen molar-refractivity contribution in [2.75, 3.05) is 19.4 Å². The Labute approximate surface area is 148 Å². The number of thioether (sulfide) groups is 1. The number of methoxy groups -OCH3 is 1. The molecule has 0 fully saturated rings. The fourth-order valence-corrected chi connectivity index (χ4v) is 3.20. The Morgan fingerprint density at radius 2 is 1.92 bits per heavy atom. The normalized spacial score (nSPS) is 10.4. The topological polar surface area (TPSA) is 38.3 Å². The van der Waals surface area contributed by atoms with Crippen LogP contribution in [0.1, 0.15) is 23.1 Å². The van der Waals surface area contributed by atoms with E-state index in [0.29, 0.717) is 6.42 Å². The molecule has 0 saturated heterocycles. The van der Waals surface area contributed by atoms with Crippen molar-refractivity contribution in [2.24, 2.45) is 0 Å². The van der Waals surface area contributed by atoms with Gasteiger partial charge in [0.15, 0.2) is 0 Å². The van der Waals surface area contributed by atoms with Gasteiger partial charge in [0.05, 0.1) is 7.11 Å². The van der Waals surface area contributed by atoms with Gasteiger partial charge in [-0.25, -0.2) is 0 Å². The van der Waals surface area contributed by atoms with E-state index >= 15 is 0 Å². The van der Waals surface area contributed by atoms with Crippen LogP contribution in [0.2, 0.25) is 0 Å². The molecule has 128 valence electrons. The Morgan fingerprint density at radius 1 is 1.12 bits per heavy atom. The molecule has 0 atom stereocenters. The van der Waals surface area contributed by atoms with Gasteiger partial charge in [-0.15, -0.1) is 0 Å². The van der Waals surface area contributed by atoms with Crippen LogP contribution in [0.25, 0.3) is 0 Å². The molecule has 2 aromatic rings. The molecule has 0 unspecified atom stereocenters. The molecule has 0 aliphatic heterocycles. The first-order chi connectivity index (χ1) is 11.7. The van der Waals surface area contributed by atoms with Gasteiger partial charge < -0.3 is 10.1 Å². The summed E-state index contributed by atoms with van der Waals surface area (Å²) < 4.78 is 5.13. The highest BCUT2D eigenvalue weighted by Crippen LogP contribution is 2.13. The van der Waals surface area contributed by atoms with Crippen LogP contribution in [-0.4, -0.2) is 25.3 Å². The lowest BCUT2D eigenvalue weighted by atomic mass is 10.1. The Morgan fingerprint density at radius 3 is 2.62 bits per heavy atom. The summed E-state index contributed by atoms with van der Waals surface area (Å²) in [5.41, 5.74) is 3.78. The van der Waals surface area contributed by atoms with E-state index in [1.54, 1.807) is 7.11 Å². The molecule has 0 radical (unpaired) electrons. The van der Waals surface area contributed by atoms with E-state index in [-0.39, 0.29) is 5.91 Å². The third-order valence-corrected chi connectivity index (χ3v) is 4.75. The van der Waals surface area contributed by atoms with E-state index in [2.05, 4.69) is 36.5 Å². The molecule has 4 heteroatoms. The van der Waals surface area contributed by atoms with E-state index < -0.39 is 0 Å². The van der Waals surface area contributed by atoms with Crippen LogP contribution in [0.3, 0.4) is 0 Å². The Kier molecular flexibility index (Phi) is 7.69. The van der Waals surface area contributed by atoms with E-state index in [1.165, 1.54) is 11.1 Å². The molecular formula is C20H25NO2S. The van der Waals surface area contributed by atoms with Gasteiger partial charge in [-0.3, -0.25) is 4.79 Å². The van der Waals surface area contributed by atoms with Crippen molar-refractivity contribution in [3.63, 3.8) is 0 Å². The molecule has 3 nitrogen and oxygen atoms in total. The molecule has 0 spiro atoms. The summed E-state index contributed by atoms with van der Waals surface area (Å²) in [6, 6.07) is 16.4. The van der Waals surface area contributed by atoms with Crippen LogP contribution in [0.4, 0.5) is 0 Å².